The molecule has 0 unspecified atom stereocenters. The lowest BCUT2D eigenvalue weighted by molar-refractivity contribution is -0.0804. The van der Waals surface area contributed by atoms with Crippen molar-refractivity contribution in [3.63, 3.8) is 0 Å². The number of hydrogen-bond acceptors (Lipinski definition) is 6. The monoisotopic (exact) mass is 258 g/mol. The highest BCUT2D eigenvalue weighted by molar-refractivity contribution is 4.94. The van der Waals surface area contributed by atoms with Crippen molar-refractivity contribution in [2.75, 3.05) is 0 Å². The van der Waals surface area contributed by atoms with Crippen LogP contribution in [0.3, 0.4) is 0 Å². The van der Waals surface area contributed by atoms with Gasteiger partial charge in [-0.05, 0) is 6.92 Å². The van der Waals surface area contributed by atoms with Gasteiger partial charge >= 0.3 is 5.69 Å². The van der Waals surface area contributed by atoms with Crippen LogP contribution in [0, 0.1) is 0 Å². The Kier molecular flexibility index (Phi) is 3.35. The standard InChI is InChI=1S/C10H14N2O6/c1-4(13)8-6(15)7(16)9(18-8)12-3-2-5(14)11-10(12)17/h2-4,6-9,13,15-16H,1H3,(H,11,14,17)/t4-,6-,7+,8+,9+/m0/s1. The van der Waals surface area contributed by atoms with Crippen LogP contribution in [0.15, 0.2) is 21.9 Å². The number of aliphatic hydroxyl groups excluding tert-OH is 3. The predicted octanol–water partition coefficient (Wildman–Crippen LogP) is -2.46. The average molecular weight is 258 g/mol. The molecule has 8 nitrogen and oxygen atoms in total. The van der Waals surface area contributed by atoms with Crippen LogP contribution in [0.4, 0.5) is 0 Å². The van der Waals surface area contributed by atoms with E-state index in [4.69, 9.17) is 4.74 Å². The molecular weight excluding hydrogens is 244 g/mol. The summed E-state index contributed by atoms with van der Waals surface area (Å²) in [6.07, 6.45) is -4.67. The molecular formula is C10H14N2O6. The first kappa shape index (κ1) is 13.0. The Morgan fingerprint density at radius 3 is 2.56 bits per heavy atom. The van der Waals surface area contributed by atoms with Gasteiger partial charge in [-0.2, -0.15) is 0 Å². The lowest BCUT2D eigenvalue weighted by Crippen LogP contribution is -2.38. The molecule has 1 fully saturated rings. The van der Waals surface area contributed by atoms with Crippen molar-refractivity contribution < 1.29 is 20.1 Å². The van der Waals surface area contributed by atoms with E-state index in [2.05, 4.69) is 0 Å². The van der Waals surface area contributed by atoms with Gasteiger partial charge in [-0.25, -0.2) is 4.79 Å². The Morgan fingerprint density at radius 2 is 2.06 bits per heavy atom. The highest BCUT2D eigenvalue weighted by atomic mass is 16.6. The van der Waals surface area contributed by atoms with E-state index in [1.165, 1.54) is 6.92 Å². The second-order valence-electron chi connectivity index (χ2n) is 4.23. The normalized spacial score (nSPS) is 33.6. The second kappa shape index (κ2) is 4.65. The maximum Gasteiger partial charge on any atom is 0.330 e. The van der Waals surface area contributed by atoms with Crippen molar-refractivity contribution >= 4 is 0 Å². The molecule has 2 rings (SSSR count). The smallest absolute Gasteiger partial charge is 0.330 e. The van der Waals surface area contributed by atoms with Crippen LogP contribution < -0.4 is 11.2 Å². The average Bonchev–Trinajstić information content (AvgIpc) is 2.57. The quantitative estimate of drug-likeness (QED) is 0.466. The Morgan fingerprint density at radius 1 is 1.39 bits per heavy atom. The van der Waals surface area contributed by atoms with Crippen molar-refractivity contribution in [1.82, 2.24) is 9.55 Å². The fraction of sp³-hybridized carbons (Fsp3) is 0.600. The first-order valence-electron chi connectivity index (χ1n) is 5.43. The Bertz CT molecular complexity index is 536. The Labute approximate surface area is 101 Å². The highest BCUT2D eigenvalue weighted by Gasteiger charge is 2.45. The summed E-state index contributed by atoms with van der Waals surface area (Å²) in [7, 11) is 0. The maximum absolute atomic E-state index is 11.5. The molecule has 0 amide bonds. The van der Waals surface area contributed by atoms with Gasteiger partial charge in [-0.1, -0.05) is 0 Å². The van der Waals surface area contributed by atoms with Crippen LogP contribution in [0.1, 0.15) is 13.2 Å². The number of rotatable bonds is 2. The molecule has 100 valence electrons. The number of aliphatic hydroxyl groups is 3. The molecule has 1 aliphatic rings. The van der Waals surface area contributed by atoms with E-state index in [-0.39, 0.29) is 0 Å². The van der Waals surface area contributed by atoms with Crippen molar-refractivity contribution in [3.8, 4) is 0 Å². The van der Waals surface area contributed by atoms with E-state index < -0.39 is 41.9 Å². The number of nitrogens with zero attached hydrogens (tertiary/aromatic N) is 1. The molecule has 1 aromatic heterocycles. The van der Waals surface area contributed by atoms with Crippen molar-refractivity contribution in [2.45, 2.75) is 37.6 Å². The molecule has 0 aromatic carbocycles. The van der Waals surface area contributed by atoms with Gasteiger partial charge in [0.1, 0.15) is 18.3 Å². The molecule has 0 saturated carbocycles. The summed E-state index contributed by atoms with van der Waals surface area (Å²) < 4.78 is 6.20. The first-order chi connectivity index (χ1) is 8.41. The molecule has 1 aromatic rings. The fourth-order valence-electron chi connectivity index (χ4n) is 1.94. The van der Waals surface area contributed by atoms with Crippen LogP contribution >= 0.6 is 0 Å². The minimum absolute atomic E-state index is 0.573. The summed E-state index contributed by atoms with van der Waals surface area (Å²) in [5, 5.41) is 28.8. The third-order valence-corrected chi connectivity index (χ3v) is 2.88. The summed E-state index contributed by atoms with van der Waals surface area (Å²) >= 11 is 0. The summed E-state index contributed by atoms with van der Waals surface area (Å²) in [6, 6.07) is 1.10. The molecule has 0 aliphatic carbocycles. The number of hydrogen-bond donors (Lipinski definition) is 4. The van der Waals surface area contributed by atoms with Gasteiger partial charge in [0.2, 0.25) is 0 Å². The molecule has 0 radical (unpaired) electrons. The number of aromatic amines is 1. The van der Waals surface area contributed by atoms with Crippen LogP contribution in [-0.4, -0.2) is 49.3 Å². The van der Waals surface area contributed by atoms with Gasteiger partial charge < -0.3 is 20.1 Å². The molecule has 4 N–H and O–H groups in total. The van der Waals surface area contributed by atoms with E-state index in [9.17, 15) is 24.9 Å². The third-order valence-electron chi connectivity index (χ3n) is 2.88. The highest BCUT2D eigenvalue weighted by Crippen LogP contribution is 2.29. The lowest BCUT2D eigenvalue weighted by atomic mass is 10.1. The van der Waals surface area contributed by atoms with Gasteiger partial charge in [0.05, 0.1) is 6.10 Å². The van der Waals surface area contributed by atoms with Crippen LogP contribution in [0.5, 0.6) is 0 Å². The summed E-state index contributed by atoms with van der Waals surface area (Å²) in [5.74, 6) is 0. The van der Waals surface area contributed by atoms with Crippen molar-refractivity contribution in [2.24, 2.45) is 0 Å². The van der Waals surface area contributed by atoms with Crippen LogP contribution in [0.2, 0.25) is 0 Å². The molecule has 8 heteroatoms. The van der Waals surface area contributed by atoms with E-state index in [0.717, 1.165) is 16.8 Å². The zero-order chi connectivity index (χ0) is 13.4. The van der Waals surface area contributed by atoms with Crippen molar-refractivity contribution in [1.29, 1.82) is 0 Å². The summed E-state index contributed by atoms with van der Waals surface area (Å²) in [6.45, 7) is 1.40. The molecule has 5 atom stereocenters. The van der Waals surface area contributed by atoms with Crippen LogP contribution in [-0.2, 0) is 4.74 Å². The minimum Gasteiger partial charge on any atom is -0.391 e. The first-order valence-corrected chi connectivity index (χ1v) is 5.43. The van der Waals surface area contributed by atoms with Gasteiger partial charge in [0.25, 0.3) is 5.56 Å². The van der Waals surface area contributed by atoms with Crippen molar-refractivity contribution in [3.05, 3.63) is 33.1 Å². The molecule has 2 heterocycles. The number of H-pyrrole nitrogens is 1. The Balaban J connectivity index is 2.35. The van der Waals surface area contributed by atoms with E-state index in [1.807, 2.05) is 4.98 Å². The van der Waals surface area contributed by atoms with E-state index >= 15 is 0 Å². The molecule has 1 saturated heterocycles. The van der Waals surface area contributed by atoms with Gasteiger partial charge in [-0.15, -0.1) is 0 Å². The molecule has 18 heavy (non-hydrogen) atoms. The van der Waals surface area contributed by atoms with E-state index in [1.54, 1.807) is 0 Å². The fourth-order valence-corrected chi connectivity index (χ4v) is 1.94. The maximum atomic E-state index is 11.5. The van der Waals surface area contributed by atoms with Crippen LogP contribution in [0.25, 0.3) is 0 Å². The lowest BCUT2D eigenvalue weighted by Gasteiger charge is -2.17. The molecule has 1 aliphatic heterocycles. The topological polar surface area (TPSA) is 125 Å². The van der Waals surface area contributed by atoms with Gasteiger partial charge in [0, 0.05) is 12.3 Å². The largest absolute Gasteiger partial charge is 0.391 e. The minimum atomic E-state index is -1.37. The number of ether oxygens (including phenoxy) is 1. The van der Waals surface area contributed by atoms with E-state index in [0.29, 0.717) is 0 Å². The zero-order valence-electron chi connectivity index (χ0n) is 9.56. The summed E-state index contributed by atoms with van der Waals surface area (Å²) in [4.78, 5) is 24.5. The third kappa shape index (κ3) is 2.10. The number of aromatic nitrogens is 2. The zero-order valence-corrected chi connectivity index (χ0v) is 9.56. The number of nitrogens with one attached hydrogen (secondary N) is 1. The summed E-state index contributed by atoms with van der Waals surface area (Å²) in [5.41, 5.74) is -1.33. The second-order valence-corrected chi connectivity index (χ2v) is 4.23. The van der Waals surface area contributed by atoms with Gasteiger partial charge in [0.15, 0.2) is 6.23 Å². The Hall–Kier alpha value is -1.48. The molecule has 0 spiro atoms. The van der Waals surface area contributed by atoms with Gasteiger partial charge in [-0.3, -0.25) is 14.3 Å². The SMILES string of the molecule is C[C@H](O)[C@H]1O[C@@H](n2ccc(=O)[nH]c2=O)[C@H](O)[C@@H]1O. The predicted molar refractivity (Wildman–Crippen MR) is 58.9 cm³/mol. The molecule has 0 bridgehead atoms.